The smallest absolute Gasteiger partial charge is 0.159 e. The van der Waals surface area contributed by atoms with Crippen LogP contribution in [0.25, 0.3) is 0 Å². The molecule has 6 N–H and O–H groups in total. The van der Waals surface area contributed by atoms with E-state index in [0.717, 1.165) is 0 Å². The van der Waals surface area contributed by atoms with Crippen molar-refractivity contribution in [3.63, 3.8) is 0 Å². The summed E-state index contributed by atoms with van der Waals surface area (Å²) in [7, 11) is 0. The van der Waals surface area contributed by atoms with Crippen molar-refractivity contribution in [3.8, 4) is 0 Å². The minimum atomic E-state index is -1.48. The minimum absolute atomic E-state index is 0.0887. The highest BCUT2D eigenvalue weighted by molar-refractivity contribution is 5.95. The predicted octanol–water partition coefficient (Wildman–Crippen LogP) is 2.10. The molecule has 0 aromatic carbocycles. The highest BCUT2D eigenvalue weighted by atomic mass is 16.3. The van der Waals surface area contributed by atoms with E-state index < -0.39 is 51.9 Å². The molecule has 4 rings (SSSR count). The van der Waals surface area contributed by atoms with Crippen molar-refractivity contribution in [2.75, 3.05) is 0 Å². The quantitative estimate of drug-likeness (QED) is 0.344. The predicted molar refractivity (Wildman–Crippen MR) is 131 cm³/mol. The Labute approximate surface area is 209 Å². The van der Waals surface area contributed by atoms with Gasteiger partial charge in [0.1, 0.15) is 0 Å². The first-order valence-electron chi connectivity index (χ1n) is 13.4. The lowest BCUT2D eigenvalue weighted by molar-refractivity contribution is -0.179. The molecule has 7 nitrogen and oxygen atoms in total. The van der Waals surface area contributed by atoms with Gasteiger partial charge in [0.25, 0.3) is 0 Å². The lowest BCUT2D eigenvalue weighted by Gasteiger charge is -2.60. The van der Waals surface area contributed by atoms with E-state index in [1.165, 1.54) is 0 Å². The van der Waals surface area contributed by atoms with E-state index >= 15 is 0 Å². The second-order valence-electron chi connectivity index (χ2n) is 13.6. The maximum Gasteiger partial charge on any atom is 0.159 e. The molecule has 3 fully saturated rings. The molecule has 0 saturated heterocycles. The lowest BCUT2D eigenvalue weighted by Crippen LogP contribution is -2.63. The van der Waals surface area contributed by atoms with E-state index in [1.807, 2.05) is 20.8 Å². The van der Waals surface area contributed by atoms with Crippen LogP contribution in [0.4, 0.5) is 0 Å². The lowest BCUT2D eigenvalue weighted by atomic mass is 9.45. The van der Waals surface area contributed by atoms with Crippen LogP contribution in [0.15, 0.2) is 11.6 Å². The van der Waals surface area contributed by atoms with Crippen molar-refractivity contribution in [1.29, 1.82) is 0 Å². The fraction of sp³-hybridized carbons (Fsp3) is 0.893. The van der Waals surface area contributed by atoms with E-state index in [2.05, 4.69) is 0 Å². The maximum atomic E-state index is 13.3. The summed E-state index contributed by atoms with van der Waals surface area (Å²) in [6.07, 6.45) is 1.71. The highest BCUT2D eigenvalue weighted by Gasteiger charge is 2.69. The number of aliphatic hydroxyl groups is 6. The molecule has 3 saturated carbocycles. The normalized spacial score (nSPS) is 47.1. The fourth-order valence-electron chi connectivity index (χ4n) is 8.40. The molecule has 0 heterocycles. The molecule has 0 radical (unpaired) electrons. The molecule has 4 aliphatic rings. The van der Waals surface area contributed by atoms with Crippen LogP contribution in [-0.2, 0) is 4.79 Å². The van der Waals surface area contributed by atoms with Gasteiger partial charge in [-0.25, -0.2) is 0 Å². The number of aliphatic hydroxyl groups excluding tert-OH is 3. The van der Waals surface area contributed by atoms with Gasteiger partial charge >= 0.3 is 0 Å². The highest BCUT2D eigenvalue weighted by Crippen LogP contribution is 2.68. The molecule has 35 heavy (non-hydrogen) atoms. The summed E-state index contributed by atoms with van der Waals surface area (Å²) < 4.78 is 0. The zero-order valence-corrected chi connectivity index (χ0v) is 22.2. The van der Waals surface area contributed by atoms with Gasteiger partial charge in [-0.15, -0.1) is 0 Å². The Bertz CT molecular complexity index is 890. The first-order chi connectivity index (χ1) is 15.9. The first-order valence-corrected chi connectivity index (χ1v) is 13.4. The largest absolute Gasteiger partial charge is 0.390 e. The molecular formula is C28H46O7. The van der Waals surface area contributed by atoms with Crippen LogP contribution in [0.3, 0.4) is 0 Å². The van der Waals surface area contributed by atoms with E-state index in [4.69, 9.17) is 0 Å². The van der Waals surface area contributed by atoms with Gasteiger partial charge < -0.3 is 30.6 Å². The summed E-state index contributed by atoms with van der Waals surface area (Å²) in [6, 6.07) is 0. The maximum absolute atomic E-state index is 13.3. The summed E-state index contributed by atoms with van der Waals surface area (Å²) in [6.45, 7) is 10.9. The van der Waals surface area contributed by atoms with Crippen molar-refractivity contribution < 1.29 is 35.4 Å². The van der Waals surface area contributed by atoms with Crippen LogP contribution in [0, 0.1) is 34.5 Å². The SMILES string of the molecule is CC(C[C@@H](O)C(C)(O)[C@@H]1CC[C@@]2(O)C3=CC(=O)[C@@H]4C[C@@H](O)[C@@H](O)C[C@]4(C)C3CC[C@]12C)C(C)(C)O. The molecule has 0 spiro atoms. The molecule has 7 heteroatoms. The molecule has 200 valence electrons. The summed E-state index contributed by atoms with van der Waals surface area (Å²) >= 11 is 0. The zero-order valence-electron chi connectivity index (χ0n) is 22.2. The summed E-state index contributed by atoms with van der Waals surface area (Å²) in [5, 5.41) is 66.1. The average Bonchev–Trinajstić information content (AvgIpc) is 3.01. The minimum Gasteiger partial charge on any atom is -0.390 e. The zero-order chi connectivity index (χ0) is 26.4. The van der Waals surface area contributed by atoms with Gasteiger partial charge in [-0.05, 0) is 101 Å². The second-order valence-corrected chi connectivity index (χ2v) is 13.6. The Balaban J connectivity index is 1.67. The Hall–Kier alpha value is -0.830. The van der Waals surface area contributed by atoms with Crippen molar-refractivity contribution in [2.45, 2.75) is 122 Å². The Morgan fingerprint density at radius 2 is 1.69 bits per heavy atom. The molecule has 0 bridgehead atoms. The Kier molecular flexibility index (Phi) is 6.48. The topological polar surface area (TPSA) is 138 Å². The van der Waals surface area contributed by atoms with E-state index in [9.17, 15) is 35.4 Å². The summed E-state index contributed by atoms with van der Waals surface area (Å²) in [4.78, 5) is 13.3. The molecule has 0 aromatic rings. The number of carbonyl (C=O) groups is 1. The first kappa shape index (κ1) is 27.2. The third-order valence-electron chi connectivity index (χ3n) is 11.3. The van der Waals surface area contributed by atoms with Crippen LogP contribution in [-0.4, -0.2) is 71.5 Å². The second kappa shape index (κ2) is 8.34. The van der Waals surface area contributed by atoms with Gasteiger partial charge in [0.05, 0.1) is 35.1 Å². The Morgan fingerprint density at radius 1 is 1.06 bits per heavy atom. The summed E-state index contributed by atoms with van der Waals surface area (Å²) in [5.74, 6) is -1.21. The van der Waals surface area contributed by atoms with Crippen LogP contribution in [0.1, 0.15) is 86.5 Å². The summed E-state index contributed by atoms with van der Waals surface area (Å²) in [5.41, 5.74) is -4.35. The van der Waals surface area contributed by atoms with Crippen LogP contribution < -0.4 is 0 Å². The van der Waals surface area contributed by atoms with Gasteiger partial charge in [-0.2, -0.15) is 0 Å². The molecule has 0 amide bonds. The fourth-order valence-corrected chi connectivity index (χ4v) is 8.40. The molecule has 4 aliphatic carbocycles. The third kappa shape index (κ3) is 3.88. The van der Waals surface area contributed by atoms with Crippen LogP contribution in [0.2, 0.25) is 0 Å². The number of allylic oxidation sites excluding steroid dienone is 1. The van der Waals surface area contributed by atoms with Crippen molar-refractivity contribution >= 4 is 5.78 Å². The number of ketones is 1. The molecule has 3 unspecified atom stereocenters. The molecule has 11 atom stereocenters. The molecule has 0 aromatic heterocycles. The van der Waals surface area contributed by atoms with Crippen molar-refractivity contribution in [2.24, 2.45) is 34.5 Å². The third-order valence-corrected chi connectivity index (χ3v) is 11.3. The Morgan fingerprint density at radius 3 is 2.29 bits per heavy atom. The number of hydrogen-bond donors (Lipinski definition) is 6. The van der Waals surface area contributed by atoms with E-state index in [0.29, 0.717) is 37.7 Å². The number of fused-ring (bicyclic) bond motifs is 5. The van der Waals surface area contributed by atoms with Gasteiger partial charge in [0.2, 0.25) is 0 Å². The van der Waals surface area contributed by atoms with Gasteiger partial charge in [0, 0.05) is 11.3 Å². The van der Waals surface area contributed by atoms with E-state index in [1.54, 1.807) is 26.8 Å². The molecule has 0 aliphatic heterocycles. The van der Waals surface area contributed by atoms with E-state index in [-0.39, 0.29) is 36.4 Å². The molecular weight excluding hydrogens is 448 g/mol. The number of rotatable bonds is 5. The van der Waals surface area contributed by atoms with Crippen LogP contribution in [0.5, 0.6) is 0 Å². The van der Waals surface area contributed by atoms with Crippen molar-refractivity contribution in [3.05, 3.63) is 11.6 Å². The standard InChI is InChI=1S/C28H46O7/c1-15(24(2,3)33)11-23(32)27(6,34)22-8-10-28(35)17-12-19(29)18-13-20(30)21(31)14-25(18,4)16(17)7-9-26(22,28)5/h12,15-16,18,20-23,30-35H,7-11,13-14H2,1-6H3/t15?,16?,18-,20+,21-,22+,23+,25+,26+,27?,28+/m0/s1. The average molecular weight is 495 g/mol. The van der Waals surface area contributed by atoms with Gasteiger partial charge in [-0.3, -0.25) is 4.79 Å². The van der Waals surface area contributed by atoms with Crippen molar-refractivity contribution in [1.82, 2.24) is 0 Å². The van der Waals surface area contributed by atoms with Crippen LogP contribution >= 0.6 is 0 Å². The number of carbonyl (C=O) groups excluding carboxylic acids is 1. The van der Waals surface area contributed by atoms with Gasteiger partial charge in [-0.1, -0.05) is 20.8 Å². The number of hydrogen-bond acceptors (Lipinski definition) is 7. The van der Waals surface area contributed by atoms with Gasteiger partial charge in [0.15, 0.2) is 5.78 Å². The monoisotopic (exact) mass is 494 g/mol.